The van der Waals surface area contributed by atoms with Gasteiger partial charge in [-0.05, 0) is 56.7 Å². The quantitative estimate of drug-likeness (QED) is 0.917. The highest BCUT2D eigenvalue weighted by Gasteiger charge is 2.33. The van der Waals surface area contributed by atoms with E-state index in [0.717, 1.165) is 18.5 Å². The second-order valence-electron chi connectivity index (χ2n) is 6.30. The van der Waals surface area contributed by atoms with Crippen molar-refractivity contribution in [3.63, 3.8) is 0 Å². The molecule has 1 aromatic rings. The van der Waals surface area contributed by atoms with Crippen LogP contribution in [0, 0.1) is 5.92 Å². The van der Waals surface area contributed by atoms with Crippen LogP contribution < -0.4 is 5.73 Å². The van der Waals surface area contributed by atoms with Gasteiger partial charge in [0.15, 0.2) is 0 Å². The van der Waals surface area contributed by atoms with E-state index in [0.29, 0.717) is 24.5 Å². The summed E-state index contributed by atoms with van der Waals surface area (Å²) in [5.74, 6) is 0.628. The van der Waals surface area contributed by atoms with Crippen molar-refractivity contribution < 1.29 is 4.79 Å². The molecule has 2 atom stereocenters. The molecule has 2 unspecified atom stereocenters. The number of hydrogen-bond donors (Lipinski definition) is 1. The number of aromatic nitrogens is 1. The second-order valence-corrected chi connectivity index (χ2v) is 6.30. The van der Waals surface area contributed by atoms with Gasteiger partial charge in [0.25, 0.3) is 5.91 Å². The fourth-order valence-corrected chi connectivity index (χ4v) is 3.69. The van der Waals surface area contributed by atoms with Gasteiger partial charge in [0.05, 0.1) is 0 Å². The molecule has 1 aromatic heterocycles. The standard InChI is InChI=1S/C16H25N3O/c1-18(14-8-2-5-12(14)11-17)16(20)15-9-4-10-19(15)13-6-3-7-13/h4,9-10,12-14H,2-3,5-8,11,17H2,1H3. The summed E-state index contributed by atoms with van der Waals surface area (Å²) in [6, 6.07) is 4.81. The van der Waals surface area contributed by atoms with Gasteiger partial charge >= 0.3 is 0 Å². The lowest BCUT2D eigenvalue weighted by Crippen LogP contribution is -2.42. The van der Waals surface area contributed by atoms with E-state index in [1.54, 1.807) is 0 Å². The molecule has 1 heterocycles. The topological polar surface area (TPSA) is 51.3 Å². The summed E-state index contributed by atoms with van der Waals surface area (Å²) in [5.41, 5.74) is 6.69. The van der Waals surface area contributed by atoms with E-state index >= 15 is 0 Å². The summed E-state index contributed by atoms with van der Waals surface area (Å²) in [5, 5.41) is 0. The summed E-state index contributed by atoms with van der Waals surface area (Å²) >= 11 is 0. The Bertz CT molecular complexity index is 478. The first-order chi connectivity index (χ1) is 9.72. The minimum absolute atomic E-state index is 0.159. The first-order valence-electron chi connectivity index (χ1n) is 7.86. The molecular weight excluding hydrogens is 250 g/mol. The van der Waals surface area contributed by atoms with Crippen LogP contribution in [0.2, 0.25) is 0 Å². The molecule has 0 aromatic carbocycles. The first-order valence-corrected chi connectivity index (χ1v) is 7.86. The third-order valence-electron chi connectivity index (χ3n) is 5.21. The van der Waals surface area contributed by atoms with Gasteiger partial charge in [-0.3, -0.25) is 4.79 Å². The second kappa shape index (κ2) is 5.60. The van der Waals surface area contributed by atoms with Crippen molar-refractivity contribution in [2.24, 2.45) is 11.7 Å². The molecule has 2 aliphatic rings. The maximum atomic E-state index is 12.8. The molecule has 0 spiro atoms. The largest absolute Gasteiger partial charge is 0.340 e. The lowest BCUT2D eigenvalue weighted by atomic mass is 9.92. The summed E-state index contributed by atoms with van der Waals surface area (Å²) in [6.45, 7) is 0.686. The maximum Gasteiger partial charge on any atom is 0.270 e. The molecule has 0 radical (unpaired) electrons. The van der Waals surface area contributed by atoms with Crippen LogP contribution in [0.25, 0.3) is 0 Å². The zero-order valence-electron chi connectivity index (χ0n) is 12.3. The lowest BCUT2D eigenvalue weighted by Gasteiger charge is -2.32. The summed E-state index contributed by atoms with van der Waals surface area (Å²) in [6.07, 6.45) is 9.18. The van der Waals surface area contributed by atoms with Crippen molar-refractivity contribution in [3.8, 4) is 0 Å². The van der Waals surface area contributed by atoms with Gasteiger partial charge in [-0.2, -0.15) is 0 Å². The van der Waals surface area contributed by atoms with Crippen molar-refractivity contribution in [1.82, 2.24) is 9.47 Å². The number of rotatable bonds is 4. The van der Waals surface area contributed by atoms with E-state index < -0.39 is 0 Å². The predicted molar refractivity (Wildman–Crippen MR) is 79.6 cm³/mol. The lowest BCUT2D eigenvalue weighted by molar-refractivity contribution is 0.0683. The molecule has 4 nitrogen and oxygen atoms in total. The highest BCUT2D eigenvalue weighted by Crippen LogP contribution is 2.34. The maximum absolute atomic E-state index is 12.8. The van der Waals surface area contributed by atoms with Crippen molar-refractivity contribution in [3.05, 3.63) is 24.0 Å². The van der Waals surface area contributed by atoms with Crippen molar-refractivity contribution in [1.29, 1.82) is 0 Å². The normalized spacial score (nSPS) is 26.5. The Morgan fingerprint density at radius 3 is 2.75 bits per heavy atom. The zero-order chi connectivity index (χ0) is 14.1. The SMILES string of the molecule is CN(C(=O)c1cccn1C1CCC1)C1CCCC1CN. The number of nitrogens with zero attached hydrogens (tertiary/aromatic N) is 2. The smallest absolute Gasteiger partial charge is 0.270 e. The van der Waals surface area contributed by atoms with Crippen molar-refractivity contribution >= 4 is 5.91 Å². The zero-order valence-corrected chi connectivity index (χ0v) is 12.3. The van der Waals surface area contributed by atoms with E-state index in [9.17, 15) is 4.79 Å². The van der Waals surface area contributed by atoms with E-state index in [-0.39, 0.29) is 5.91 Å². The van der Waals surface area contributed by atoms with E-state index in [1.807, 2.05) is 24.1 Å². The number of nitrogens with two attached hydrogens (primary N) is 1. The molecule has 20 heavy (non-hydrogen) atoms. The number of amides is 1. The third kappa shape index (κ3) is 2.26. The van der Waals surface area contributed by atoms with Gasteiger partial charge in [-0.25, -0.2) is 0 Å². The van der Waals surface area contributed by atoms with Crippen molar-refractivity contribution in [2.75, 3.05) is 13.6 Å². The molecule has 0 aliphatic heterocycles. The number of hydrogen-bond acceptors (Lipinski definition) is 2. The fraction of sp³-hybridized carbons (Fsp3) is 0.688. The van der Waals surface area contributed by atoms with Gasteiger partial charge in [0.1, 0.15) is 5.69 Å². The van der Waals surface area contributed by atoms with Gasteiger partial charge in [0, 0.05) is 25.3 Å². The van der Waals surface area contributed by atoms with Gasteiger partial charge in [0.2, 0.25) is 0 Å². The minimum Gasteiger partial charge on any atom is -0.340 e. The van der Waals surface area contributed by atoms with Gasteiger partial charge in [-0.1, -0.05) is 6.42 Å². The Labute approximate surface area is 120 Å². The summed E-state index contributed by atoms with van der Waals surface area (Å²) < 4.78 is 2.18. The summed E-state index contributed by atoms with van der Waals surface area (Å²) in [4.78, 5) is 14.7. The molecule has 3 rings (SSSR count). The van der Waals surface area contributed by atoms with Crippen LogP contribution >= 0.6 is 0 Å². The monoisotopic (exact) mass is 275 g/mol. The van der Waals surface area contributed by atoms with Crippen LogP contribution in [0.15, 0.2) is 18.3 Å². The van der Waals surface area contributed by atoms with E-state index in [1.165, 1.54) is 25.7 Å². The van der Waals surface area contributed by atoms with Crippen LogP contribution in [0.4, 0.5) is 0 Å². The fourth-order valence-electron chi connectivity index (χ4n) is 3.69. The molecule has 0 saturated heterocycles. The Kier molecular flexibility index (Phi) is 3.83. The molecular formula is C16H25N3O. The number of carbonyl (C=O) groups is 1. The van der Waals surface area contributed by atoms with Crippen LogP contribution in [0.3, 0.4) is 0 Å². The average molecular weight is 275 g/mol. The highest BCUT2D eigenvalue weighted by atomic mass is 16.2. The summed E-state index contributed by atoms with van der Waals surface area (Å²) in [7, 11) is 1.94. The Morgan fingerprint density at radius 1 is 1.35 bits per heavy atom. The number of carbonyl (C=O) groups excluding carboxylic acids is 1. The predicted octanol–water partition coefficient (Wildman–Crippen LogP) is 2.41. The third-order valence-corrected chi connectivity index (χ3v) is 5.21. The van der Waals surface area contributed by atoms with Crippen molar-refractivity contribution in [2.45, 2.75) is 50.6 Å². The van der Waals surface area contributed by atoms with Gasteiger partial charge < -0.3 is 15.2 Å². The first kappa shape index (κ1) is 13.7. The molecule has 4 heteroatoms. The Hall–Kier alpha value is -1.29. The van der Waals surface area contributed by atoms with E-state index in [4.69, 9.17) is 5.73 Å². The molecule has 2 aliphatic carbocycles. The van der Waals surface area contributed by atoms with Gasteiger partial charge in [-0.15, -0.1) is 0 Å². The molecule has 2 fully saturated rings. The van der Waals surface area contributed by atoms with Crippen LogP contribution in [0.5, 0.6) is 0 Å². The Morgan fingerprint density at radius 2 is 2.10 bits per heavy atom. The molecule has 0 bridgehead atoms. The molecule has 1 amide bonds. The van der Waals surface area contributed by atoms with Crippen LogP contribution in [-0.4, -0.2) is 35.0 Å². The average Bonchev–Trinajstić information content (AvgIpc) is 3.03. The molecule has 2 saturated carbocycles. The molecule has 110 valence electrons. The van der Waals surface area contributed by atoms with E-state index in [2.05, 4.69) is 10.8 Å². The minimum atomic E-state index is 0.159. The highest BCUT2D eigenvalue weighted by molar-refractivity contribution is 5.93. The van der Waals surface area contributed by atoms with Crippen LogP contribution in [-0.2, 0) is 0 Å². The Balaban J connectivity index is 1.76. The molecule has 2 N–H and O–H groups in total. The van der Waals surface area contributed by atoms with Crippen LogP contribution in [0.1, 0.15) is 55.1 Å².